The van der Waals surface area contributed by atoms with Crippen LogP contribution in [0, 0.1) is 13.8 Å². The monoisotopic (exact) mass is 306 g/mol. The molecule has 0 nitrogen and oxygen atoms in total. The van der Waals surface area contributed by atoms with Crippen LogP contribution in [-0.2, 0) is 11.8 Å². The Kier molecular flexibility index (Phi) is 5.12. The average Bonchev–Trinajstić information content (AvgIpc) is 2.46. The average molecular weight is 307 g/mol. The highest BCUT2D eigenvalue weighted by Gasteiger charge is 2.32. The van der Waals surface area contributed by atoms with Crippen LogP contribution < -0.4 is 0 Å². The molecule has 0 saturated heterocycles. The Bertz CT molecular complexity index is 571. The van der Waals surface area contributed by atoms with Gasteiger partial charge in [-0.15, -0.1) is 23.2 Å². The zero-order valence-corrected chi connectivity index (χ0v) is 13.5. The Hall–Kier alpha value is -0.980. The summed E-state index contributed by atoms with van der Waals surface area (Å²) in [6.07, 6.45) is 0.868. The van der Waals surface area contributed by atoms with Gasteiger partial charge in [0.2, 0.25) is 0 Å². The maximum atomic E-state index is 6.34. The third kappa shape index (κ3) is 3.19. The van der Waals surface area contributed by atoms with Gasteiger partial charge in [-0.2, -0.15) is 0 Å². The van der Waals surface area contributed by atoms with Gasteiger partial charge in [-0.3, -0.25) is 0 Å². The molecule has 106 valence electrons. The zero-order chi connectivity index (χ0) is 14.6. The van der Waals surface area contributed by atoms with E-state index < -0.39 is 0 Å². The lowest BCUT2D eigenvalue weighted by Gasteiger charge is -2.32. The molecule has 2 heteroatoms. The lowest BCUT2D eigenvalue weighted by Crippen LogP contribution is -2.34. The SMILES string of the molecule is Cc1cccc(CC(CCl)(CCl)c2ccccc2C)c1. The van der Waals surface area contributed by atoms with Crippen molar-refractivity contribution in [1.29, 1.82) is 0 Å². The van der Waals surface area contributed by atoms with Gasteiger partial charge in [-0.25, -0.2) is 0 Å². The highest BCUT2D eigenvalue weighted by molar-refractivity contribution is 6.22. The minimum absolute atomic E-state index is 0.206. The summed E-state index contributed by atoms with van der Waals surface area (Å²) < 4.78 is 0. The van der Waals surface area contributed by atoms with E-state index in [2.05, 4.69) is 62.4 Å². The topological polar surface area (TPSA) is 0 Å². The van der Waals surface area contributed by atoms with Crippen molar-refractivity contribution >= 4 is 23.2 Å². The number of hydrogen-bond donors (Lipinski definition) is 0. The summed E-state index contributed by atoms with van der Waals surface area (Å²) in [5.41, 5.74) is 4.86. The summed E-state index contributed by atoms with van der Waals surface area (Å²) in [4.78, 5) is 0. The van der Waals surface area contributed by atoms with Crippen molar-refractivity contribution in [3.05, 3.63) is 70.8 Å². The zero-order valence-electron chi connectivity index (χ0n) is 12.0. The minimum Gasteiger partial charge on any atom is -0.126 e. The smallest absolute Gasteiger partial charge is 0.0335 e. The molecule has 0 aliphatic heterocycles. The predicted molar refractivity (Wildman–Crippen MR) is 89.2 cm³/mol. The quantitative estimate of drug-likeness (QED) is 0.661. The van der Waals surface area contributed by atoms with Gasteiger partial charge >= 0.3 is 0 Å². The van der Waals surface area contributed by atoms with Crippen LogP contribution in [0.4, 0.5) is 0 Å². The van der Waals surface area contributed by atoms with Crippen LogP contribution in [0.25, 0.3) is 0 Å². The van der Waals surface area contributed by atoms with E-state index in [0.717, 1.165) is 6.42 Å². The molecule has 0 N–H and O–H groups in total. The normalized spacial score (nSPS) is 11.6. The maximum absolute atomic E-state index is 6.34. The summed E-state index contributed by atoms with van der Waals surface area (Å²) in [7, 11) is 0. The van der Waals surface area contributed by atoms with Crippen molar-refractivity contribution in [2.45, 2.75) is 25.7 Å². The number of alkyl halides is 2. The van der Waals surface area contributed by atoms with Crippen molar-refractivity contribution in [1.82, 2.24) is 0 Å². The first-order valence-corrected chi connectivity index (χ1v) is 7.92. The predicted octanol–water partition coefficient (Wildman–Crippen LogP) is 5.26. The first-order valence-electron chi connectivity index (χ1n) is 6.85. The maximum Gasteiger partial charge on any atom is 0.0335 e. The number of aryl methyl sites for hydroxylation is 2. The van der Waals surface area contributed by atoms with Crippen LogP contribution in [-0.4, -0.2) is 11.8 Å². The van der Waals surface area contributed by atoms with Crippen LogP contribution in [0.15, 0.2) is 48.5 Å². The lowest BCUT2D eigenvalue weighted by molar-refractivity contribution is 0.533. The van der Waals surface area contributed by atoms with E-state index >= 15 is 0 Å². The first kappa shape index (κ1) is 15.4. The molecule has 0 spiro atoms. The molecule has 0 amide bonds. The third-order valence-corrected chi connectivity index (χ3v) is 4.88. The first-order chi connectivity index (χ1) is 9.61. The number of rotatable bonds is 5. The van der Waals surface area contributed by atoms with Crippen molar-refractivity contribution in [2.24, 2.45) is 0 Å². The molecule has 2 aromatic carbocycles. The summed E-state index contributed by atoms with van der Waals surface area (Å²) >= 11 is 12.7. The minimum atomic E-state index is -0.206. The van der Waals surface area contributed by atoms with Gasteiger partial charge in [0.15, 0.2) is 0 Å². The Morgan fingerprint density at radius 2 is 1.60 bits per heavy atom. The lowest BCUT2D eigenvalue weighted by atomic mass is 9.76. The molecule has 0 aromatic heterocycles. The largest absolute Gasteiger partial charge is 0.126 e. The van der Waals surface area contributed by atoms with E-state index in [0.29, 0.717) is 11.8 Å². The molecule has 0 radical (unpaired) electrons. The molecular weight excluding hydrogens is 287 g/mol. The van der Waals surface area contributed by atoms with Crippen LogP contribution in [0.1, 0.15) is 22.3 Å². The van der Waals surface area contributed by atoms with Crippen molar-refractivity contribution in [3.63, 3.8) is 0 Å². The molecule has 0 unspecified atom stereocenters. The molecule has 0 heterocycles. The number of halogens is 2. The molecule has 0 aliphatic rings. The van der Waals surface area contributed by atoms with Gasteiger partial charge in [-0.1, -0.05) is 54.1 Å². The van der Waals surface area contributed by atoms with E-state index in [1.54, 1.807) is 0 Å². The second-order valence-electron chi connectivity index (χ2n) is 5.53. The second kappa shape index (κ2) is 6.65. The molecule has 2 aromatic rings. The summed E-state index contributed by atoms with van der Waals surface area (Å²) in [5.74, 6) is 1.05. The van der Waals surface area contributed by atoms with Gasteiger partial charge in [0, 0.05) is 17.2 Å². The Labute approximate surface area is 131 Å². The van der Waals surface area contributed by atoms with E-state index in [9.17, 15) is 0 Å². The van der Waals surface area contributed by atoms with Crippen LogP contribution >= 0.6 is 23.2 Å². The Balaban J connectivity index is 2.42. The number of benzene rings is 2. The number of hydrogen-bond acceptors (Lipinski definition) is 0. The fourth-order valence-corrected chi connectivity index (χ4v) is 3.51. The molecule has 0 atom stereocenters. The van der Waals surface area contributed by atoms with Crippen molar-refractivity contribution < 1.29 is 0 Å². The van der Waals surface area contributed by atoms with E-state index in [1.165, 1.54) is 22.3 Å². The molecule has 0 fully saturated rings. The van der Waals surface area contributed by atoms with Crippen LogP contribution in [0.5, 0.6) is 0 Å². The molecule has 2 rings (SSSR count). The summed E-state index contributed by atoms with van der Waals surface area (Å²) in [6.45, 7) is 4.24. The summed E-state index contributed by atoms with van der Waals surface area (Å²) in [5, 5.41) is 0. The fourth-order valence-electron chi connectivity index (χ4n) is 2.75. The van der Waals surface area contributed by atoms with Crippen LogP contribution in [0.3, 0.4) is 0 Å². The second-order valence-corrected chi connectivity index (χ2v) is 6.06. The molecular formula is C18H20Cl2. The van der Waals surface area contributed by atoms with Crippen molar-refractivity contribution in [3.8, 4) is 0 Å². The highest BCUT2D eigenvalue weighted by Crippen LogP contribution is 2.33. The van der Waals surface area contributed by atoms with Gasteiger partial charge < -0.3 is 0 Å². The highest BCUT2D eigenvalue weighted by atomic mass is 35.5. The Morgan fingerprint density at radius 1 is 0.900 bits per heavy atom. The molecule has 0 aliphatic carbocycles. The third-order valence-electron chi connectivity index (χ3n) is 3.85. The molecule has 0 saturated carbocycles. The van der Waals surface area contributed by atoms with E-state index in [1.807, 2.05) is 0 Å². The Morgan fingerprint density at radius 3 is 2.20 bits per heavy atom. The van der Waals surface area contributed by atoms with Gasteiger partial charge in [-0.05, 0) is 37.0 Å². The fraction of sp³-hybridized carbons (Fsp3) is 0.333. The summed E-state index contributed by atoms with van der Waals surface area (Å²) in [6, 6.07) is 17.0. The molecule has 20 heavy (non-hydrogen) atoms. The molecule has 0 bridgehead atoms. The van der Waals surface area contributed by atoms with E-state index in [4.69, 9.17) is 23.2 Å². The van der Waals surface area contributed by atoms with Gasteiger partial charge in [0.25, 0.3) is 0 Å². The van der Waals surface area contributed by atoms with E-state index in [-0.39, 0.29) is 5.41 Å². The van der Waals surface area contributed by atoms with Gasteiger partial charge in [0.1, 0.15) is 0 Å². The standard InChI is InChI=1S/C18H20Cl2/c1-14-6-5-8-16(10-14)11-18(12-19,13-20)17-9-4-3-7-15(17)2/h3-10H,11-13H2,1-2H3. The van der Waals surface area contributed by atoms with Gasteiger partial charge in [0.05, 0.1) is 0 Å². The van der Waals surface area contributed by atoms with Crippen LogP contribution in [0.2, 0.25) is 0 Å². The van der Waals surface area contributed by atoms with Crippen molar-refractivity contribution in [2.75, 3.05) is 11.8 Å².